The van der Waals surface area contributed by atoms with Gasteiger partial charge in [0.2, 0.25) is 0 Å². The third kappa shape index (κ3) is 1.84. The van der Waals surface area contributed by atoms with E-state index in [1.165, 1.54) is 12.1 Å². The molecular weight excluding hydrogens is 220 g/mol. The molecule has 0 bridgehead atoms. The molecular formula is C11H12N4O2. The summed E-state index contributed by atoms with van der Waals surface area (Å²) in [6, 6.07) is 6.28. The Balaban J connectivity index is 2.50. The normalized spacial score (nSPS) is 10.5. The largest absolute Gasteiger partial charge is 0.383 e. The topological polar surface area (TPSA) is 87.0 Å². The maximum absolute atomic E-state index is 10.6. The zero-order valence-electron chi connectivity index (χ0n) is 9.54. The van der Waals surface area contributed by atoms with Crippen molar-refractivity contribution in [2.24, 2.45) is 7.05 Å². The van der Waals surface area contributed by atoms with Crippen LogP contribution in [-0.4, -0.2) is 14.7 Å². The van der Waals surface area contributed by atoms with Crippen molar-refractivity contribution in [3.05, 3.63) is 40.1 Å². The summed E-state index contributed by atoms with van der Waals surface area (Å²) in [6.45, 7) is 1.85. The van der Waals surface area contributed by atoms with Crippen LogP contribution in [0.15, 0.2) is 24.3 Å². The summed E-state index contributed by atoms with van der Waals surface area (Å²) < 4.78 is 1.59. The van der Waals surface area contributed by atoms with Gasteiger partial charge in [0.1, 0.15) is 5.82 Å². The van der Waals surface area contributed by atoms with Gasteiger partial charge in [0.15, 0.2) is 0 Å². The van der Waals surface area contributed by atoms with Gasteiger partial charge in [-0.05, 0) is 24.6 Å². The number of nitro groups is 1. The first-order valence-corrected chi connectivity index (χ1v) is 5.04. The molecule has 1 aromatic heterocycles. The quantitative estimate of drug-likeness (QED) is 0.632. The molecule has 2 rings (SSSR count). The number of nitro benzene ring substituents is 1. The fourth-order valence-corrected chi connectivity index (χ4v) is 1.78. The first kappa shape index (κ1) is 11.1. The van der Waals surface area contributed by atoms with Crippen LogP contribution in [0.1, 0.15) is 5.69 Å². The van der Waals surface area contributed by atoms with E-state index in [4.69, 9.17) is 5.73 Å². The van der Waals surface area contributed by atoms with E-state index < -0.39 is 4.92 Å². The maximum Gasteiger partial charge on any atom is 0.269 e. The van der Waals surface area contributed by atoms with Gasteiger partial charge in [0, 0.05) is 24.7 Å². The molecule has 1 aromatic carbocycles. The van der Waals surface area contributed by atoms with Gasteiger partial charge in [-0.15, -0.1) is 0 Å². The van der Waals surface area contributed by atoms with E-state index >= 15 is 0 Å². The van der Waals surface area contributed by atoms with E-state index in [1.807, 2.05) is 6.92 Å². The molecule has 0 aliphatic carbocycles. The van der Waals surface area contributed by atoms with Crippen molar-refractivity contribution >= 4 is 11.5 Å². The molecule has 2 N–H and O–H groups in total. The second-order valence-corrected chi connectivity index (χ2v) is 3.77. The Kier molecular flexibility index (Phi) is 2.55. The van der Waals surface area contributed by atoms with Crippen LogP contribution < -0.4 is 5.73 Å². The zero-order valence-corrected chi connectivity index (χ0v) is 9.54. The summed E-state index contributed by atoms with van der Waals surface area (Å²) in [5.74, 6) is 0.552. The number of aryl methyl sites for hydroxylation is 2. The van der Waals surface area contributed by atoms with Crippen molar-refractivity contribution in [2.45, 2.75) is 6.92 Å². The Bertz CT molecular complexity index is 572. The molecule has 1 heterocycles. The highest BCUT2D eigenvalue weighted by atomic mass is 16.6. The fourth-order valence-electron chi connectivity index (χ4n) is 1.78. The van der Waals surface area contributed by atoms with E-state index in [0.29, 0.717) is 5.82 Å². The standard InChI is InChI=1S/C11H12N4O2/c1-7-10(11(12)14(2)13-7)8-3-5-9(6-4-8)15(16)17/h3-6H,12H2,1-2H3. The average molecular weight is 232 g/mol. The van der Waals surface area contributed by atoms with Crippen LogP contribution in [0.5, 0.6) is 0 Å². The molecule has 0 unspecified atom stereocenters. The molecule has 0 spiro atoms. The predicted octanol–water partition coefficient (Wildman–Crippen LogP) is 1.89. The van der Waals surface area contributed by atoms with Crippen molar-refractivity contribution in [3.63, 3.8) is 0 Å². The minimum absolute atomic E-state index is 0.0638. The van der Waals surface area contributed by atoms with Gasteiger partial charge in [-0.2, -0.15) is 5.10 Å². The molecule has 0 atom stereocenters. The van der Waals surface area contributed by atoms with Crippen molar-refractivity contribution < 1.29 is 4.92 Å². The van der Waals surface area contributed by atoms with Crippen molar-refractivity contribution in [1.82, 2.24) is 9.78 Å². The first-order valence-electron chi connectivity index (χ1n) is 5.04. The van der Waals surface area contributed by atoms with Gasteiger partial charge in [0.25, 0.3) is 5.69 Å². The average Bonchev–Trinajstić information content (AvgIpc) is 2.53. The molecule has 6 nitrogen and oxygen atoms in total. The summed E-state index contributed by atoms with van der Waals surface area (Å²) in [5, 5.41) is 14.8. The van der Waals surface area contributed by atoms with Gasteiger partial charge in [-0.1, -0.05) is 0 Å². The molecule has 0 amide bonds. The number of anilines is 1. The van der Waals surface area contributed by atoms with E-state index in [2.05, 4.69) is 5.10 Å². The van der Waals surface area contributed by atoms with E-state index in [-0.39, 0.29) is 5.69 Å². The third-order valence-electron chi connectivity index (χ3n) is 2.63. The van der Waals surface area contributed by atoms with Gasteiger partial charge < -0.3 is 5.73 Å². The molecule has 0 aliphatic heterocycles. The van der Waals surface area contributed by atoms with Crippen LogP contribution in [0.25, 0.3) is 11.1 Å². The Morgan fingerprint density at radius 3 is 2.35 bits per heavy atom. The van der Waals surface area contributed by atoms with E-state index in [0.717, 1.165) is 16.8 Å². The monoisotopic (exact) mass is 232 g/mol. The van der Waals surface area contributed by atoms with Gasteiger partial charge in [-0.3, -0.25) is 14.8 Å². The number of rotatable bonds is 2. The number of non-ortho nitro benzene ring substituents is 1. The molecule has 0 fully saturated rings. The Hall–Kier alpha value is -2.37. The second-order valence-electron chi connectivity index (χ2n) is 3.77. The van der Waals surface area contributed by atoms with Crippen molar-refractivity contribution in [3.8, 4) is 11.1 Å². The van der Waals surface area contributed by atoms with Crippen molar-refractivity contribution in [1.29, 1.82) is 0 Å². The number of hydrogen-bond donors (Lipinski definition) is 1. The Morgan fingerprint density at radius 1 is 1.35 bits per heavy atom. The summed E-state index contributed by atoms with van der Waals surface area (Å²) in [7, 11) is 1.76. The molecule has 88 valence electrons. The van der Waals surface area contributed by atoms with Crippen LogP contribution in [0, 0.1) is 17.0 Å². The van der Waals surface area contributed by atoms with Gasteiger partial charge in [0.05, 0.1) is 10.6 Å². The van der Waals surface area contributed by atoms with Gasteiger partial charge in [-0.25, -0.2) is 0 Å². The maximum atomic E-state index is 10.6. The Labute approximate surface area is 97.8 Å². The summed E-state index contributed by atoms with van der Waals surface area (Å²) >= 11 is 0. The molecule has 2 aromatic rings. The smallest absolute Gasteiger partial charge is 0.269 e. The predicted molar refractivity (Wildman–Crippen MR) is 64.4 cm³/mol. The summed E-state index contributed by atoms with van der Waals surface area (Å²) in [6.07, 6.45) is 0. The highest BCUT2D eigenvalue weighted by molar-refractivity contribution is 5.76. The third-order valence-corrected chi connectivity index (χ3v) is 2.63. The van der Waals surface area contributed by atoms with E-state index in [9.17, 15) is 10.1 Å². The van der Waals surface area contributed by atoms with Gasteiger partial charge >= 0.3 is 0 Å². The summed E-state index contributed by atoms with van der Waals surface area (Å²) in [4.78, 5) is 10.1. The highest BCUT2D eigenvalue weighted by Gasteiger charge is 2.13. The number of hydrogen-bond acceptors (Lipinski definition) is 4. The summed E-state index contributed by atoms with van der Waals surface area (Å²) in [5.41, 5.74) is 8.42. The highest BCUT2D eigenvalue weighted by Crippen LogP contribution is 2.29. The molecule has 0 aliphatic rings. The second kappa shape index (κ2) is 3.89. The minimum atomic E-state index is -0.427. The molecule has 0 saturated heterocycles. The molecule has 0 saturated carbocycles. The SMILES string of the molecule is Cc1nn(C)c(N)c1-c1ccc([N+](=O)[O-])cc1. The fraction of sp³-hybridized carbons (Fsp3) is 0.182. The van der Waals surface area contributed by atoms with Crippen LogP contribution in [-0.2, 0) is 7.05 Å². The lowest BCUT2D eigenvalue weighted by Crippen LogP contribution is -1.98. The lowest BCUT2D eigenvalue weighted by atomic mass is 10.1. The van der Waals surface area contributed by atoms with Crippen LogP contribution in [0.4, 0.5) is 11.5 Å². The number of nitrogens with zero attached hydrogens (tertiary/aromatic N) is 3. The van der Waals surface area contributed by atoms with Crippen molar-refractivity contribution in [2.75, 3.05) is 5.73 Å². The lowest BCUT2D eigenvalue weighted by Gasteiger charge is -2.01. The number of nitrogens with two attached hydrogens (primary N) is 1. The van der Waals surface area contributed by atoms with Crippen LogP contribution in [0.3, 0.4) is 0 Å². The molecule has 0 radical (unpaired) electrons. The number of benzene rings is 1. The van der Waals surface area contributed by atoms with E-state index in [1.54, 1.807) is 23.9 Å². The minimum Gasteiger partial charge on any atom is -0.383 e. The van der Waals surface area contributed by atoms with Crippen LogP contribution >= 0.6 is 0 Å². The Morgan fingerprint density at radius 2 is 1.94 bits per heavy atom. The zero-order chi connectivity index (χ0) is 12.6. The number of nitrogen functional groups attached to an aromatic ring is 1. The molecule has 6 heteroatoms. The lowest BCUT2D eigenvalue weighted by molar-refractivity contribution is -0.384. The molecule has 17 heavy (non-hydrogen) atoms. The first-order chi connectivity index (χ1) is 8.00. The van der Waals surface area contributed by atoms with Crippen LogP contribution in [0.2, 0.25) is 0 Å². The number of aromatic nitrogens is 2.